The van der Waals surface area contributed by atoms with Gasteiger partial charge in [-0.15, -0.1) is 0 Å². The first kappa shape index (κ1) is 13.1. The molecule has 0 bridgehead atoms. The Labute approximate surface area is 121 Å². The molecule has 0 unspecified atom stereocenters. The molecule has 0 radical (unpaired) electrons. The normalized spacial score (nSPS) is 10.6. The number of nitrogen functional groups attached to an aromatic ring is 1. The highest BCUT2D eigenvalue weighted by Gasteiger charge is 2.13. The van der Waals surface area contributed by atoms with Crippen molar-refractivity contribution in [1.29, 1.82) is 0 Å². The van der Waals surface area contributed by atoms with Crippen molar-refractivity contribution < 1.29 is 9.47 Å². The molecule has 0 aliphatic rings. The second kappa shape index (κ2) is 5.24. The van der Waals surface area contributed by atoms with E-state index in [1.165, 1.54) is 13.4 Å². The third-order valence-corrected chi connectivity index (χ3v) is 3.03. The number of anilines is 1. The molecule has 3 rings (SSSR count). The summed E-state index contributed by atoms with van der Waals surface area (Å²) in [6, 6.07) is 9.64. The largest absolute Gasteiger partial charge is 0.489 e. The Morgan fingerprint density at radius 1 is 1.10 bits per heavy atom. The van der Waals surface area contributed by atoms with E-state index in [0.29, 0.717) is 11.5 Å². The van der Waals surface area contributed by atoms with E-state index < -0.39 is 0 Å². The lowest BCUT2D eigenvalue weighted by Crippen LogP contribution is -2.00. The summed E-state index contributed by atoms with van der Waals surface area (Å²) in [6.45, 7) is 1.93. The van der Waals surface area contributed by atoms with E-state index in [4.69, 9.17) is 15.2 Å². The lowest BCUT2D eigenvalue weighted by Gasteiger charge is -2.11. The van der Waals surface area contributed by atoms with E-state index in [2.05, 4.69) is 15.0 Å². The number of methoxy groups -OCH3 is 1. The van der Waals surface area contributed by atoms with Gasteiger partial charge in [0.25, 0.3) is 5.88 Å². The van der Waals surface area contributed by atoms with Crippen LogP contribution in [-0.4, -0.2) is 22.1 Å². The maximum Gasteiger partial charge on any atom is 0.268 e. The molecule has 2 N–H and O–H groups in total. The highest BCUT2D eigenvalue weighted by Crippen LogP contribution is 2.34. The van der Waals surface area contributed by atoms with E-state index in [-0.39, 0.29) is 11.7 Å². The predicted molar refractivity (Wildman–Crippen MR) is 79.6 cm³/mol. The topological polar surface area (TPSA) is 83.2 Å². The summed E-state index contributed by atoms with van der Waals surface area (Å²) < 4.78 is 11.0. The van der Waals surface area contributed by atoms with Crippen molar-refractivity contribution in [2.75, 3.05) is 12.8 Å². The zero-order chi connectivity index (χ0) is 14.8. The van der Waals surface area contributed by atoms with Crippen molar-refractivity contribution in [1.82, 2.24) is 15.0 Å². The highest BCUT2D eigenvalue weighted by molar-refractivity contribution is 5.84. The lowest BCUT2D eigenvalue weighted by atomic mass is 10.2. The number of fused-ring (bicyclic) bond motifs is 1. The lowest BCUT2D eigenvalue weighted by molar-refractivity contribution is 0.370. The number of aromatic nitrogens is 3. The van der Waals surface area contributed by atoms with Crippen molar-refractivity contribution in [3.8, 4) is 17.4 Å². The molecule has 2 heterocycles. The average Bonchev–Trinajstić information content (AvgIpc) is 2.48. The van der Waals surface area contributed by atoms with Crippen molar-refractivity contribution in [3.63, 3.8) is 0 Å². The molecule has 6 heteroatoms. The molecular weight excluding hydrogens is 268 g/mol. The fourth-order valence-corrected chi connectivity index (χ4v) is 2.04. The Morgan fingerprint density at radius 2 is 1.95 bits per heavy atom. The molecule has 106 valence electrons. The van der Waals surface area contributed by atoms with Crippen LogP contribution in [0.15, 0.2) is 36.7 Å². The summed E-state index contributed by atoms with van der Waals surface area (Å²) >= 11 is 0. The van der Waals surface area contributed by atoms with Gasteiger partial charge in [-0.25, -0.2) is 9.97 Å². The minimum absolute atomic E-state index is 0.229. The van der Waals surface area contributed by atoms with Crippen molar-refractivity contribution >= 4 is 16.7 Å². The van der Waals surface area contributed by atoms with Gasteiger partial charge in [0.15, 0.2) is 11.6 Å². The van der Waals surface area contributed by atoms with Crippen LogP contribution in [0.4, 0.5) is 5.82 Å². The Balaban J connectivity index is 2.10. The second-order valence-electron chi connectivity index (χ2n) is 4.48. The van der Waals surface area contributed by atoms with Gasteiger partial charge in [-0.1, -0.05) is 18.2 Å². The highest BCUT2D eigenvalue weighted by atomic mass is 16.5. The molecular formula is C15H14N4O2. The van der Waals surface area contributed by atoms with Gasteiger partial charge >= 0.3 is 0 Å². The predicted octanol–water partition coefficient (Wildman–Crippen LogP) is 2.72. The number of aryl methyl sites for hydroxylation is 1. The first-order valence-electron chi connectivity index (χ1n) is 6.37. The number of nitrogens with zero attached hydrogens (tertiary/aromatic N) is 3. The summed E-state index contributed by atoms with van der Waals surface area (Å²) in [5, 5.41) is 0.985. The minimum Gasteiger partial charge on any atom is -0.489 e. The summed E-state index contributed by atoms with van der Waals surface area (Å²) in [4.78, 5) is 12.5. The minimum atomic E-state index is 0.229. The van der Waals surface area contributed by atoms with Crippen LogP contribution in [0.3, 0.4) is 0 Å². The van der Waals surface area contributed by atoms with Gasteiger partial charge < -0.3 is 15.2 Å². The van der Waals surface area contributed by atoms with Gasteiger partial charge in [0.05, 0.1) is 7.11 Å². The molecule has 2 aromatic heterocycles. The molecule has 1 aromatic carbocycles. The number of hydrogen-bond donors (Lipinski definition) is 1. The van der Waals surface area contributed by atoms with Crippen LogP contribution >= 0.6 is 0 Å². The summed E-state index contributed by atoms with van der Waals surface area (Å²) in [5.74, 6) is 1.39. The molecule has 0 saturated heterocycles. The molecule has 21 heavy (non-hydrogen) atoms. The fourth-order valence-electron chi connectivity index (χ4n) is 2.04. The first-order chi connectivity index (χ1) is 10.2. The van der Waals surface area contributed by atoms with Gasteiger partial charge in [-0.05, 0) is 19.1 Å². The van der Waals surface area contributed by atoms with Crippen LogP contribution in [0.5, 0.6) is 17.4 Å². The van der Waals surface area contributed by atoms with Crippen LogP contribution in [0, 0.1) is 6.92 Å². The number of benzene rings is 1. The van der Waals surface area contributed by atoms with Crippen LogP contribution < -0.4 is 15.2 Å². The zero-order valence-electron chi connectivity index (χ0n) is 11.7. The molecule has 6 nitrogen and oxygen atoms in total. The Kier molecular flexibility index (Phi) is 3.27. The van der Waals surface area contributed by atoms with E-state index in [0.717, 1.165) is 16.6 Å². The summed E-state index contributed by atoms with van der Waals surface area (Å²) in [5.41, 5.74) is 7.42. The number of nitrogens with two attached hydrogens (primary N) is 1. The van der Waals surface area contributed by atoms with E-state index in [9.17, 15) is 0 Å². The quantitative estimate of drug-likeness (QED) is 0.795. The van der Waals surface area contributed by atoms with Gasteiger partial charge in [0.2, 0.25) is 5.75 Å². The van der Waals surface area contributed by atoms with Gasteiger partial charge in [0.1, 0.15) is 11.8 Å². The third-order valence-electron chi connectivity index (χ3n) is 3.03. The zero-order valence-corrected chi connectivity index (χ0v) is 11.7. The number of para-hydroxylation sites is 1. The molecule has 0 atom stereocenters. The number of hydrogen-bond acceptors (Lipinski definition) is 6. The average molecular weight is 282 g/mol. The number of rotatable bonds is 3. The van der Waals surface area contributed by atoms with E-state index >= 15 is 0 Å². The van der Waals surface area contributed by atoms with Crippen LogP contribution in [0.25, 0.3) is 10.9 Å². The van der Waals surface area contributed by atoms with Crippen LogP contribution in [0.2, 0.25) is 0 Å². The SMILES string of the molecule is COc1c(N)ncnc1Oc1cccc2ccc(C)nc12. The van der Waals surface area contributed by atoms with E-state index in [1.54, 1.807) is 0 Å². The summed E-state index contributed by atoms with van der Waals surface area (Å²) in [6.07, 6.45) is 1.33. The molecule has 0 spiro atoms. The van der Waals surface area contributed by atoms with Gasteiger partial charge in [-0.3, -0.25) is 0 Å². The molecule has 3 aromatic rings. The Morgan fingerprint density at radius 3 is 2.76 bits per heavy atom. The Bertz CT molecular complexity index is 805. The fraction of sp³-hybridized carbons (Fsp3) is 0.133. The van der Waals surface area contributed by atoms with Crippen LogP contribution in [-0.2, 0) is 0 Å². The molecule has 0 aliphatic heterocycles. The van der Waals surface area contributed by atoms with Crippen molar-refractivity contribution in [2.24, 2.45) is 0 Å². The monoisotopic (exact) mass is 282 g/mol. The molecule has 0 fully saturated rings. The summed E-state index contributed by atoms with van der Waals surface area (Å²) in [7, 11) is 1.49. The second-order valence-corrected chi connectivity index (χ2v) is 4.48. The van der Waals surface area contributed by atoms with Gasteiger partial charge in [0, 0.05) is 11.1 Å². The van der Waals surface area contributed by atoms with E-state index in [1.807, 2.05) is 37.3 Å². The Hall–Kier alpha value is -2.89. The number of ether oxygens (including phenoxy) is 2. The molecule has 0 saturated carbocycles. The van der Waals surface area contributed by atoms with Crippen LogP contribution in [0.1, 0.15) is 5.69 Å². The maximum atomic E-state index is 5.83. The van der Waals surface area contributed by atoms with Crippen molar-refractivity contribution in [3.05, 3.63) is 42.4 Å². The first-order valence-corrected chi connectivity index (χ1v) is 6.37. The van der Waals surface area contributed by atoms with Gasteiger partial charge in [-0.2, -0.15) is 4.98 Å². The standard InChI is InChI=1S/C15H14N4O2/c1-9-6-7-10-4-3-5-11(12(10)19-9)21-15-13(20-2)14(16)17-8-18-15/h3-8H,1-2H3,(H2,16,17,18). The third kappa shape index (κ3) is 2.43. The smallest absolute Gasteiger partial charge is 0.268 e. The molecule has 0 amide bonds. The number of pyridine rings is 1. The maximum absolute atomic E-state index is 5.83. The molecule has 0 aliphatic carbocycles. The van der Waals surface area contributed by atoms with Crippen molar-refractivity contribution in [2.45, 2.75) is 6.92 Å².